The third-order valence-electron chi connectivity index (χ3n) is 3.60. The third-order valence-corrected chi connectivity index (χ3v) is 4.73. The number of rotatable bonds is 3. The second-order valence-corrected chi connectivity index (χ2v) is 7.31. The highest BCUT2D eigenvalue weighted by Crippen LogP contribution is 2.25. The maximum Gasteiger partial charge on any atom is 0.175 e. The van der Waals surface area contributed by atoms with Gasteiger partial charge in [-0.15, -0.1) is 0 Å². The van der Waals surface area contributed by atoms with E-state index in [1.807, 2.05) is 11.5 Å². The molecule has 0 N–H and O–H groups in total. The summed E-state index contributed by atoms with van der Waals surface area (Å²) in [6.45, 7) is 1.86. The van der Waals surface area contributed by atoms with Crippen molar-refractivity contribution in [2.75, 3.05) is 6.26 Å². The van der Waals surface area contributed by atoms with Gasteiger partial charge in [0.05, 0.1) is 16.8 Å². The van der Waals surface area contributed by atoms with Crippen molar-refractivity contribution in [3.63, 3.8) is 0 Å². The summed E-state index contributed by atoms with van der Waals surface area (Å²) in [5.41, 5.74) is 2.44. The predicted molar refractivity (Wildman–Crippen MR) is 86.8 cm³/mol. The molecule has 4 nitrogen and oxygen atoms in total. The van der Waals surface area contributed by atoms with Crippen molar-refractivity contribution >= 4 is 9.84 Å². The van der Waals surface area contributed by atoms with Gasteiger partial charge in [0, 0.05) is 17.5 Å². The van der Waals surface area contributed by atoms with Crippen LogP contribution >= 0.6 is 0 Å². The Morgan fingerprint density at radius 1 is 1.00 bits per heavy atom. The molecule has 0 aliphatic heterocycles. The van der Waals surface area contributed by atoms with Crippen LogP contribution in [0, 0.1) is 12.7 Å². The van der Waals surface area contributed by atoms with E-state index in [4.69, 9.17) is 0 Å². The number of benzene rings is 2. The molecule has 3 aromatic rings. The minimum Gasteiger partial charge on any atom is -0.297 e. The van der Waals surface area contributed by atoms with Gasteiger partial charge < -0.3 is 0 Å². The molecule has 118 valence electrons. The lowest BCUT2D eigenvalue weighted by molar-refractivity contribution is 0.602. The Labute approximate surface area is 134 Å². The van der Waals surface area contributed by atoms with Crippen molar-refractivity contribution in [3.8, 4) is 16.9 Å². The Kier molecular flexibility index (Phi) is 3.77. The molecule has 6 heteroatoms. The molecule has 1 heterocycles. The summed E-state index contributed by atoms with van der Waals surface area (Å²) in [5.74, 6) is 0.463. The molecule has 0 saturated carbocycles. The molecule has 1 aromatic heterocycles. The molecular formula is C17H15FN2O2S. The molecule has 0 aliphatic carbocycles. The molecule has 0 unspecified atom stereocenters. The van der Waals surface area contributed by atoms with Crippen LogP contribution in [-0.4, -0.2) is 24.2 Å². The summed E-state index contributed by atoms with van der Waals surface area (Å²) >= 11 is 0. The van der Waals surface area contributed by atoms with Gasteiger partial charge in [0.25, 0.3) is 0 Å². The van der Waals surface area contributed by atoms with Gasteiger partial charge in [-0.25, -0.2) is 17.8 Å². The zero-order chi connectivity index (χ0) is 16.6. The SMILES string of the molecule is Cc1ncc(-c2ccc(F)cc2)n1-c1ccc(S(C)(=O)=O)cc1. The highest BCUT2D eigenvalue weighted by Gasteiger charge is 2.12. The van der Waals surface area contributed by atoms with E-state index in [-0.39, 0.29) is 10.7 Å². The van der Waals surface area contributed by atoms with Crippen molar-refractivity contribution in [1.29, 1.82) is 0 Å². The van der Waals surface area contributed by atoms with Gasteiger partial charge in [-0.2, -0.15) is 0 Å². The van der Waals surface area contributed by atoms with Gasteiger partial charge in [-0.1, -0.05) is 0 Å². The van der Waals surface area contributed by atoms with Crippen LogP contribution < -0.4 is 0 Å². The summed E-state index contributed by atoms with van der Waals surface area (Å²) in [7, 11) is -3.23. The number of sulfone groups is 1. The van der Waals surface area contributed by atoms with Gasteiger partial charge in [-0.3, -0.25) is 4.57 Å². The fourth-order valence-electron chi connectivity index (χ4n) is 2.44. The highest BCUT2D eigenvalue weighted by molar-refractivity contribution is 7.90. The molecule has 0 saturated heterocycles. The lowest BCUT2D eigenvalue weighted by atomic mass is 10.1. The number of aryl methyl sites for hydroxylation is 1. The molecule has 0 fully saturated rings. The monoisotopic (exact) mass is 330 g/mol. The fourth-order valence-corrected chi connectivity index (χ4v) is 3.07. The van der Waals surface area contributed by atoms with Crippen LogP contribution in [0.4, 0.5) is 4.39 Å². The van der Waals surface area contributed by atoms with E-state index in [1.54, 1.807) is 42.6 Å². The number of imidazole rings is 1. The average molecular weight is 330 g/mol. The lowest BCUT2D eigenvalue weighted by Crippen LogP contribution is -2.01. The second-order valence-electron chi connectivity index (χ2n) is 5.30. The van der Waals surface area contributed by atoms with E-state index in [0.29, 0.717) is 0 Å². The Hall–Kier alpha value is -2.47. The number of aromatic nitrogens is 2. The number of halogens is 1. The first-order valence-electron chi connectivity index (χ1n) is 6.97. The minimum absolute atomic E-state index is 0.266. The fraction of sp³-hybridized carbons (Fsp3) is 0.118. The average Bonchev–Trinajstić information content (AvgIpc) is 2.89. The van der Waals surface area contributed by atoms with Crippen molar-refractivity contribution in [3.05, 3.63) is 66.4 Å². The summed E-state index contributed by atoms with van der Waals surface area (Å²) in [4.78, 5) is 4.58. The van der Waals surface area contributed by atoms with Gasteiger partial charge in [-0.05, 0) is 55.5 Å². The lowest BCUT2D eigenvalue weighted by Gasteiger charge is -2.11. The van der Waals surface area contributed by atoms with Gasteiger partial charge >= 0.3 is 0 Å². The molecule has 0 spiro atoms. The Bertz CT molecular complexity index is 943. The number of hydrogen-bond donors (Lipinski definition) is 0. The quantitative estimate of drug-likeness (QED) is 0.740. The van der Waals surface area contributed by atoms with Crippen LogP contribution in [0.5, 0.6) is 0 Å². The van der Waals surface area contributed by atoms with E-state index >= 15 is 0 Å². The molecule has 3 rings (SSSR count). The van der Waals surface area contributed by atoms with E-state index in [9.17, 15) is 12.8 Å². The van der Waals surface area contributed by atoms with E-state index < -0.39 is 9.84 Å². The number of hydrogen-bond acceptors (Lipinski definition) is 3. The van der Waals surface area contributed by atoms with E-state index in [2.05, 4.69) is 4.98 Å². The Balaban J connectivity index is 2.10. The molecule has 0 atom stereocenters. The Morgan fingerprint density at radius 2 is 1.61 bits per heavy atom. The summed E-state index contributed by atoms with van der Waals surface area (Å²) in [6, 6.07) is 12.8. The molecule has 0 radical (unpaired) electrons. The topological polar surface area (TPSA) is 52.0 Å². The van der Waals surface area contributed by atoms with E-state index in [0.717, 1.165) is 22.8 Å². The highest BCUT2D eigenvalue weighted by atomic mass is 32.2. The van der Waals surface area contributed by atoms with Gasteiger partial charge in [0.15, 0.2) is 9.84 Å². The van der Waals surface area contributed by atoms with Crippen molar-refractivity contribution in [2.24, 2.45) is 0 Å². The second kappa shape index (κ2) is 5.62. The normalized spacial score (nSPS) is 11.6. The smallest absolute Gasteiger partial charge is 0.175 e. The zero-order valence-corrected chi connectivity index (χ0v) is 13.5. The first-order valence-corrected chi connectivity index (χ1v) is 8.86. The van der Waals surface area contributed by atoms with Crippen LogP contribution in [0.1, 0.15) is 5.82 Å². The maximum absolute atomic E-state index is 13.1. The Morgan fingerprint density at radius 3 is 2.17 bits per heavy atom. The van der Waals surface area contributed by atoms with Crippen LogP contribution in [0.3, 0.4) is 0 Å². The number of nitrogens with zero attached hydrogens (tertiary/aromatic N) is 2. The van der Waals surface area contributed by atoms with Gasteiger partial charge in [0.1, 0.15) is 11.6 Å². The molecule has 0 amide bonds. The van der Waals surface area contributed by atoms with Crippen LogP contribution in [-0.2, 0) is 9.84 Å². The summed E-state index contributed by atoms with van der Waals surface area (Å²) in [6.07, 6.45) is 2.89. The standard InChI is InChI=1S/C17H15FN2O2S/c1-12-19-11-17(13-3-5-14(18)6-4-13)20(12)15-7-9-16(10-8-15)23(2,21)22/h3-11H,1-2H3. The molecule has 0 aliphatic rings. The van der Waals surface area contributed by atoms with Crippen molar-refractivity contribution in [1.82, 2.24) is 9.55 Å². The van der Waals surface area contributed by atoms with Crippen LogP contribution in [0.15, 0.2) is 59.6 Å². The van der Waals surface area contributed by atoms with Crippen molar-refractivity contribution in [2.45, 2.75) is 11.8 Å². The van der Waals surface area contributed by atoms with E-state index in [1.165, 1.54) is 18.4 Å². The molecular weight excluding hydrogens is 315 g/mol. The summed E-state index contributed by atoms with van der Waals surface area (Å²) in [5, 5.41) is 0. The zero-order valence-electron chi connectivity index (χ0n) is 12.7. The maximum atomic E-state index is 13.1. The van der Waals surface area contributed by atoms with Gasteiger partial charge in [0.2, 0.25) is 0 Å². The minimum atomic E-state index is -3.23. The molecule has 23 heavy (non-hydrogen) atoms. The largest absolute Gasteiger partial charge is 0.297 e. The van der Waals surface area contributed by atoms with Crippen LogP contribution in [0.25, 0.3) is 16.9 Å². The molecule has 0 bridgehead atoms. The predicted octanol–water partition coefficient (Wildman–Crippen LogP) is 3.39. The summed E-state index contributed by atoms with van der Waals surface area (Å²) < 4.78 is 38.1. The van der Waals surface area contributed by atoms with Crippen LogP contribution in [0.2, 0.25) is 0 Å². The first kappa shape index (κ1) is 15.4. The first-order chi connectivity index (χ1) is 10.9. The van der Waals surface area contributed by atoms with Crippen molar-refractivity contribution < 1.29 is 12.8 Å². The third kappa shape index (κ3) is 3.03. The molecule has 2 aromatic carbocycles.